The Morgan fingerprint density at radius 1 is 0.727 bits per heavy atom. The summed E-state index contributed by atoms with van der Waals surface area (Å²) in [4.78, 5) is 11.7. The van der Waals surface area contributed by atoms with Gasteiger partial charge in [-0.15, -0.1) is 0 Å². The summed E-state index contributed by atoms with van der Waals surface area (Å²) in [5.41, 5.74) is -3.75. The molecular formula is C10H10N2O10. The molecule has 120 valence electrons. The fraction of sp³-hybridized carbons (Fsp3) is 0.100. The van der Waals surface area contributed by atoms with E-state index in [-0.39, 0.29) is 4.68 Å². The van der Waals surface area contributed by atoms with Crippen LogP contribution in [0.2, 0.25) is 0 Å². The second-order valence-electron chi connectivity index (χ2n) is 4.20. The fourth-order valence-corrected chi connectivity index (χ4v) is 1.70. The van der Waals surface area contributed by atoms with Gasteiger partial charge < -0.3 is 46.0 Å². The van der Waals surface area contributed by atoms with Gasteiger partial charge in [0.15, 0.2) is 22.9 Å². The summed E-state index contributed by atoms with van der Waals surface area (Å²) in [6.45, 7) is 0. The van der Waals surface area contributed by atoms with Gasteiger partial charge >= 0.3 is 11.5 Å². The summed E-state index contributed by atoms with van der Waals surface area (Å²) in [6.07, 6.45) is 0. The van der Waals surface area contributed by atoms with Gasteiger partial charge in [0.05, 0.1) is 0 Å². The first-order valence-electron chi connectivity index (χ1n) is 5.39. The van der Waals surface area contributed by atoms with Crippen LogP contribution in [-0.4, -0.2) is 55.7 Å². The Bertz CT molecular complexity index is 784. The predicted molar refractivity (Wildman–Crippen MR) is 64.7 cm³/mol. The summed E-state index contributed by atoms with van der Waals surface area (Å²) in [7, 11) is 0. The highest BCUT2D eigenvalue weighted by molar-refractivity contribution is 5.73. The normalized spacial score (nSPS) is 11.8. The van der Waals surface area contributed by atoms with Crippen LogP contribution in [0, 0.1) is 0 Å². The third kappa shape index (κ3) is 1.95. The van der Waals surface area contributed by atoms with Crippen molar-refractivity contribution in [2.75, 3.05) is 0 Å². The first-order valence-corrected chi connectivity index (χ1v) is 5.39. The Labute approximate surface area is 119 Å². The number of aliphatic hydroxyl groups is 3. The Hall–Kier alpha value is -3.09. The van der Waals surface area contributed by atoms with E-state index in [1.165, 1.54) is 0 Å². The predicted octanol–water partition coefficient (Wildman–Crippen LogP) is -2.51. The van der Waals surface area contributed by atoms with Crippen molar-refractivity contribution in [2.24, 2.45) is 0 Å². The first kappa shape index (κ1) is 15.3. The lowest BCUT2D eigenvalue weighted by molar-refractivity contribution is -0.326. The summed E-state index contributed by atoms with van der Waals surface area (Å²) in [5, 5.41) is 85.2. The number of hydrogen-bond acceptors (Lipinski definition) is 10. The number of nitrogens with zero attached hydrogens (tertiary/aromatic N) is 1. The molecule has 12 heteroatoms. The van der Waals surface area contributed by atoms with Crippen molar-refractivity contribution < 1.29 is 46.0 Å². The maximum absolute atomic E-state index is 11.7. The summed E-state index contributed by atoms with van der Waals surface area (Å²) in [6, 6.07) is 0. The topological polar surface area (TPSA) is 220 Å². The second kappa shape index (κ2) is 4.45. The van der Waals surface area contributed by atoms with E-state index in [1.807, 2.05) is 0 Å². The van der Waals surface area contributed by atoms with Crippen molar-refractivity contribution in [1.29, 1.82) is 0 Å². The van der Waals surface area contributed by atoms with Gasteiger partial charge in [-0.1, -0.05) is 0 Å². The van der Waals surface area contributed by atoms with E-state index in [0.29, 0.717) is 0 Å². The molecule has 0 radical (unpaired) electrons. The molecule has 12 nitrogen and oxygen atoms in total. The minimum absolute atomic E-state index is 0.0750. The molecule has 0 unspecified atom stereocenters. The van der Waals surface area contributed by atoms with Gasteiger partial charge in [-0.05, 0) is 0 Å². The van der Waals surface area contributed by atoms with Gasteiger partial charge in [0.2, 0.25) is 23.0 Å². The molecule has 0 saturated carbocycles. The van der Waals surface area contributed by atoms with Crippen LogP contribution in [0.1, 0.15) is 5.69 Å². The van der Waals surface area contributed by atoms with Crippen LogP contribution in [0.3, 0.4) is 0 Å². The maximum atomic E-state index is 11.7. The van der Waals surface area contributed by atoms with E-state index >= 15 is 0 Å². The van der Waals surface area contributed by atoms with Crippen molar-refractivity contribution >= 4 is 0 Å². The van der Waals surface area contributed by atoms with E-state index < -0.39 is 57.4 Å². The number of H-pyrrole nitrogens is 1. The van der Waals surface area contributed by atoms with Gasteiger partial charge in [0, 0.05) is 0 Å². The zero-order chi connectivity index (χ0) is 17.0. The number of aromatic amines is 1. The summed E-state index contributed by atoms with van der Waals surface area (Å²) >= 11 is 0. The molecule has 0 fully saturated rings. The van der Waals surface area contributed by atoms with Gasteiger partial charge in [0.1, 0.15) is 0 Å². The van der Waals surface area contributed by atoms with E-state index in [9.17, 15) is 35.4 Å². The van der Waals surface area contributed by atoms with Crippen LogP contribution in [-0.2, 0) is 5.97 Å². The van der Waals surface area contributed by atoms with Crippen molar-refractivity contribution in [2.45, 2.75) is 5.97 Å². The third-order valence-electron chi connectivity index (χ3n) is 2.77. The summed E-state index contributed by atoms with van der Waals surface area (Å²) < 4.78 is 0.0750. The van der Waals surface area contributed by atoms with Crippen LogP contribution < -0.4 is 5.56 Å². The van der Waals surface area contributed by atoms with Crippen molar-refractivity contribution in [3.05, 3.63) is 16.0 Å². The number of aromatic hydroxyl groups is 6. The highest BCUT2D eigenvalue weighted by Gasteiger charge is 2.34. The second-order valence-corrected chi connectivity index (χ2v) is 4.20. The lowest BCUT2D eigenvalue weighted by atomic mass is 10.2. The molecule has 0 amide bonds. The molecule has 2 rings (SSSR count). The number of phenolic OH excluding ortho intramolecular Hbond substituents is 5. The standard InChI is InChI=1S/C10H10N2O10/c13-2-1(3(14)5(16)6(17)4(2)15)12-9(19)7(18)8(11-12)10(20,21)22/h11,13-18,20-22H. The highest BCUT2D eigenvalue weighted by atomic mass is 16.7. The number of benzene rings is 1. The minimum atomic E-state index is -3.67. The Morgan fingerprint density at radius 2 is 1.14 bits per heavy atom. The lowest BCUT2D eigenvalue weighted by Crippen LogP contribution is -2.24. The molecule has 0 spiro atoms. The number of phenols is 5. The zero-order valence-electron chi connectivity index (χ0n) is 10.4. The fourth-order valence-electron chi connectivity index (χ4n) is 1.70. The molecule has 0 aliphatic rings. The Balaban J connectivity index is 2.88. The zero-order valence-corrected chi connectivity index (χ0v) is 10.4. The van der Waals surface area contributed by atoms with Crippen LogP contribution in [0.25, 0.3) is 5.69 Å². The van der Waals surface area contributed by atoms with Crippen molar-refractivity contribution in [3.8, 4) is 40.2 Å². The molecule has 0 bridgehead atoms. The third-order valence-corrected chi connectivity index (χ3v) is 2.77. The van der Waals surface area contributed by atoms with E-state index in [0.717, 1.165) is 0 Å². The van der Waals surface area contributed by atoms with E-state index in [1.54, 1.807) is 5.10 Å². The largest absolute Gasteiger partial charge is 0.503 e. The Morgan fingerprint density at radius 3 is 1.50 bits per heavy atom. The summed E-state index contributed by atoms with van der Waals surface area (Å²) in [5.74, 6) is -11.5. The molecule has 1 aromatic carbocycles. The average Bonchev–Trinajstić information content (AvgIpc) is 2.72. The highest BCUT2D eigenvalue weighted by Crippen LogP contribution is 2.52. The van der Waals surface area contributed by atoms with E-state index in [4.69, 9.17) is 15.3 Å². The molecule has 0 aliphatic carbocycles. The van der Waals surface area contributed by atoms with Gasteiger partial charge in [0.25, 0.3) is 0 Å². The quantitative estimate of drug-likeness (QED) is 0.159. The van der Waals surface area contributed by atoms with Crippen LogP contribution in [0.5, 0.6) is 34.5 Å². The van der Waals surface area contributed by atoms with E-state index in [2.05, 4.69) is 0 Å². The monoisotopic (exact) mass is 318 g/mol. The molecule has 2 aromatic rings. The SMILES string of the molecule is O=c1c(O)c(C(O)(O)O)[nH]n1-c1c(O)c(O)c(O)c(O)c1O. The van der Waals surface area contributed by atoms with Gasteiger partial charge in [-0.25, -0.2) is 4.68 Å². The lowest BCUT2D eigenvalue weighted by Gasteiger charge is -2.13. The molecule has 22 heavy (non-hydrogen) atoms. The number of aromatic nitrogens is 2. The van der Waals surface area contributed by atoms with Gasteiger partial charge in [-0.3, -0.25) is 9.89 Å². The smallest absolute Gasteiger partial charge is 0.325 e. The average molecular weight is 318 g/mol. The molecular weight excluding hydrogens is 308 g/mol. The first-order chi connectivity index (χ1) is 9.98. The molecule has 10 N–H and O–H groups in total. The maximum Gasteiger partial charge on any atom is 0.325 e. The van der Waals surface area contributed by atoms with Crippen LogP contribution in [0.15, 0.2) is 4.79 Å². The van der Waals surface area contributed by atoms with Gasteiger partial charge in [-0.2, -0.15) is 0 Å². The minimum Gasteiger partial charge on any atom is -0.503 e. The Kier molecular flexibility index (Phi) is 3.10. The number of rotatable bonds is 2. The van der Waals surface area contributed by atoms with Crippen molar-refractivity contribution in [1.82, 2.24) is 9.78 Å². The van der Waals surface area contributed by atoms with Crippen LogP contribution >= 0.6 is 0 Å². The molecule has 1 heterocycles. The number of nitrogens with one attached hydrogen (secondary N) is 1. The molecule has 0 atom stereocenters. The molecule has 0 saturated heterocycles. The molecule has 1 aromatic heterocycles. The van der Waals surface area contributed by atoms with Crippen LogP contribution in [0.4, 0.5) is 0 Å². The van der Waals surface area contributed by atoms with Crippen molar-refractivity contribution in [3.63, 3.8) is 0 Å². The number of hydrogen-bond donors (Lipinski definition) is 10. The molecule has 0 aliphatic heterocycles.